The van der Waals surface area contributed by atoms with Gasteiger partial charge in [-0.05, 0) is 62.6 Å². The summed E-state index contributed by atoms with van der Waals surface area (Å²) < 4.78 is 22.0. The second-order valence-corrected chi connectivity index (χ2v) is 11.1. The standard InChI is InChI=1S/C34H36ClN3O4/c1-4-41-34(39)33-25(14-10-20-42-29-15-9-12-23-11-5-6-13-24(23)29)26-16-17-27(35)31-30-22(2)36-37(3)28(30)21-40-19-8-7-18-38(33)32(26)31/h5-6,9,11-13,15-17H,4,7-8,10,14,18-21H2,1-3H3. The average Bonchev–Trinajstić information content (AvgIpc) is 3.43. The minimum atomic E-state index is -0.310. The third kappa shape index (κ3) is 5.16. The first-order chi connectivity index (χ1) is 20.5. The van der Waals surface area contributed by atoms with Crippen molar-refractivity contribution in [3.8, 4) is 16.9 Å². The van der Waals surface area contributed by atoms with Crippen molar-refractivity contribution in [1.82, 2.24) is 14.3 Å². The quantitative estimate of drug-likeness (QED) is 0.145. The molecule has 3 aromatic carbocycles. The van der Waals surface area contributed by atoms with Gasteiger partial charge in [0, 0.05) is 42.1 Å². The van der Waals surface area contributed by atoms with Gasteiger partial charge in [-0.2, -0.15) is 5.10 Å². The summed E-state index contributed by atoms with van der Waals surface area (Å²) in [6.45, 7) is 6.40. The number of carbonyl (C=O) groups is 1. The van der Waals surface area contributed by atoms with Crippen molar-refractivity contribution in [2.24, 2.45) is 7.05 Å². The summed E-state index contributed by atoms with van der Waals surface area (Å²) in [5.41, 5.74) is 6.23. The maximum atomic E-state index is 13.6. The zero-order valence-electron chi connectivity index (χ0n) is 24.4. The number of rotatable bonds is 7. The van der Waals surface area contributed by atoms with Gasteiger partial charge in [-0.1, -0.05) is 54.1 Å². The Kier molecular flexibility index (Phi) is 8.22. The summed E-state index contributed by atoms with van der Waals surface area (Å²) in [6, 6.07) is 18.3. The van der Waals surface area contributed by atoms with Gasteiger partial charge in [-0.25, -0.2) is 4.79 Å². The van der Waals surface area contributed by atoms with Gasteiger partial charge >= 0.3 is 5.97 Å². The largest absolute Gasteiger partial charge is 0.493 e. The molecule has 2 aromatic heterocycles. The molecular formula is C34H36ClN3O4. The van der Waals surface area contributed by atoms with E-state index in [0.29, 0.717) is 50.1 Å². The molecule has 0 aliphatic carbocycles. The van der Waals surface area contributed by atoms with E-state index in [1.54, 1.807) is 0 Å². The van der Waals surface area contributed by atoms with Crippen molar-refractivity contribution in [1.29, 1.82) is 0 Å². The molecule has 0 saturated carbocycles. The molecule has 0 atom stereocenters. The molecule has 7 nitrogen and oxygen atoms in total. The molecule has 3 heterocycles. The highest BCUT2D eigenvalue weighted by atomic mass is 35.5. The van der Waals surface area contributed by atoms with E-state index in [-0.39, 0.29) is 5.97 Å². The number of aromatic nitrogens is 3. The Hall–Kier alpha value is -3.81. The molecule has 0 N–H and O–H groups in total. The van der Waals surface area contributed by atoms with E-state index in [4.69, 9.17) is 30.9 Å². The number of nitrogens with zero attached hydrogens (tertiary/aromatic N) is 3. The summed E-state index contributed by atoms with van der Waals surface area (Å²) in [5, 5.41) is 8.60. The number of carbonyl (C=O) groups excluding carboxylic acids is 1. The highest BCUT2D eigenvalue weighted by molar-refractivity contribution is 6.35. The number of aryl methyl sites for hydroxylation is 4. The highest BCUT2D eigenvalue weighted by Crippen LogP contribution is 2.43. The van der Waals surface area contributed by atoms with Crippen molar-refractivity contribution >= 4 is 39.2 Å². The number of hydrogen-bond donors (Lipinski definition) is 0. The SMILES string of the molecule is CCOC(=O)c1c(CCCOc2cccc3ccccc23)c2ccc(Cl)c3c2n1CCCCOCc1c-3c(C)nn1C. The molecule has 0 bridgehead atoms. The van der Waals surface area contributed by atoms with Gasteiger partial charge in [-0.15, -0.1) is 0 Å². The fourth-order valence-electron chi connectivity index (χ4n) is 6.23. The van der Waals surface area contributed by atoms with Crippen molar-refractivity contribution in [3.63, 3.8) is 0 Å². The van der Waals surface area contributed by atoms with Crippen LogP contribution in [-0.2, 0) is 36.1 Å². The molecule has 6 rings (SSSR count). The Bertz CT molecular complexity index is 1770. The third-order valence-electron chi connectivity index (χ3n) is 8.08. The van der Waals surface area contributed by atoms with Gasteiger partial charge in [0.2, 0.25) is 0 Å². The second-order valence-electron chi connectivity index (χ2n) is 10.7. The molecular weight excluding hydrogens is 550 g/mol. The fourth-order valence-corrected chi connectivity index (χ4v) is 6.48. The number of benzene rings is 3. The molecule has 5 aromatic rings. The van der Waals surface area contributed by atoms with Crippen LogP contribution < -0.4 is 4.74 Å². The molecule has 1 aliphatic heterocycles. The van der Waals surface area contributed by atoms with Gasteiger partial charge < -0.3 is 18.8 Å². The first kappa shape index (κ1) is 28.3. The van der Waals surface area contributed by atoms with E-state index in [0.717, 1.165) is 74.8 Å². The van der Waals surface area contributed by atoms with Crippen molar-refractivity contribution < 1.29 is 19.0 Å². The fraction of sp³-hybridized carbons (Fsp3) is 0.353. The van der Waals surface area contributed by atoms with Gasteiger partial charge in [-0.3, -0.25) is 4.68 Å². The van der Waals surface area contributed by atoms with Crippen LogP contribution >= 0.6 is 11.6 Å². The molecule has 0 unspecified atom stereocenters. The Balaban J connectivity index is 1.45. The van der Waals surface area contributed by atoms with Crippen LogP contribution in [0.25, 0.3) is 32.8 Å². The predicted octanol–water partition coefficient (Wildman–Crippen LogP) is 7.66. The Morgan fingerprint density at radius 3 is 2.74 bits per heavy atom. The third-order valence-corrected chi connectivity index (χ3v) is 8.39. The van der Waals surface area contributed by atoms with E-state index in [2.05, 4.69) is 22.8 Å². The molecule has 8 heteroatoms. The van der Waals surface area contributed by atoms with Crippen molar-refractivity contribution in [3.05, 3.63) is 82.3 Å². The van der Waals surface area contributed by atoms with E-state index < -0.39 is 0 Å². The van der Waals surface area contributed by atoms with Gasteiger partial charge in [0.15, 0.2) is 0 Å². The minimum Gasteiger partial charge on any atom is -0.493 e. The molecule has 0 radical (unpaired) electrons. The number of hydrogen-bond acceptors (Lipinski definition) is 5. The second kappa shape index (κ2) is 12.2. The molecule has 0 fully saturated rings. The van der Waals surface area contributed by atoms with Crippen LogP contribution in [0.5, 0.6) is 5.75 Å². The summed E-state index contributed by atoms with van der Waals surface area (Å²) in [6.07, 6.45) is 3.13. The Labute approximate surface area is 250 Å². The van der Waals surface area contributed by atoms with Crippen LogP contribution in [0, 0.1) is 6.92 Å². The van der Waals surface area contributed by atoms with Gasteiger partial charge in [0.1, 0.15) is 11.4 Å². The van der Waals surface area contributed by atoms with Gasteiger partial charge in [0.05, 0.1) is 41.7 Å². The van der Waals surface area contributed by atoms with Crippen LogP contribution in [-0.4, -0.2) is 40.1 Å². The molecule has 218 valence electrons. The Morgan fingerprint density at radius 1 is 1.05 bits per heavy atom. The summed E-state index contributed by atoms with van der Waals surface area (Å²) >= 11 is 7.00. The first-order valence-electron chi connectivity index (χ1n) is 14.7. The zero-order valence-corrected chi connectivity index (χ0v) is 25.2. The van der Waals surface area contributed by atoms with Crippen LogP contribution in [0.3, 0.4) is 0 Å². The van der Waals surface area contributed by atoms with Crippen LogP contribution in [0.1, 0.15) is 53.6 Å². The molecule has 0 spiro atoms. The van der Waals surface area contributed by atoms with Crippen LogP contribution in [0.4, 0.5) is 0 Å². The number of esters is 1. The van der Waals surface area contributed by atoms with Gasteiger partial charge in [0.25, 0.3) is 0 Å². The lowest BCUT2D eigenvalue weighted by Gasteiger charge is -2.14. The number of ether oxygens (including phenoxy) is 3. The Morgan fingerprint density at radius 2 is 1.88 bits per heavy atom. The molecule has 42 heavy (non-hydrogen) atoms. The maximum absolute atomic E-state index is 13.6. The van der Waals surface area contributed by atoms with E-state index in [1.807, 2.05) is 62.0 Å². The summed E-state index contributed by atoms with van der Waals surface area (Å²) in [4.78, 5) is 13.6. The molecule has 0 amide bonds. The normalized spacial score (nSPS) is 13.6. The molecule has 0 saturated heterocycles. The zero-order chi connectivity index (χ0) is 29.2. The lowest BCUT2D eigenvalue weighted by Crippen LogP contribution is -2.15. The minimum absolute atomic E-state index is 0.303. The highest BCUT2D eigenvalue weighted by Gasteiger charge is 2.29. The lowest BCUT2D eigenvalue weighted by atomic mass is 9.98. The maximum Gasteiger partial charge on any atom is 0.355 e. The van der Waals surface area contributed by atoms with E-state index in [9.17, 15) is 4.79 Å². The van der Waals surface area contributed by atoms with Crippen LogP contribution in [0.2, 0.25) is 5.02 Å². The smallest absolute Gasteiger partial charge is 0.355 e. The lowest BCUT2D eigenvalue weighted by molar-refractivity contribution is 0.0512. The van der Waals surface area contributed by atoms with Crippen LogP contribution in [0.15, 0.2) is 54.6 Å². The number of fused-ring (bicyclic) bond motifs is 3. The first-order valence-corrected chi connectivity index (χ1v) is 15.1. The number of halogens is 1. The van der Waals surface area contributed by atoms with Crippen molar-refractivity contribution in [2.45, 2.75) is 52.7 Å². The van der Waals surface area contributed by atoms with E-state index >= 15 is 0 Å². The van der Waals surface area contributed by atoms with E-state index in [1.165, 1.54) is 0 Å². The monoisotopic (exact) mass is 585 g/mol. The summed E-state index contributed by atoms with van der Waals surface area (Å²) in [5.74, 6) is 0.557. The van der Waals surface area contributed by atoms with Crippen molar-refractivity contribution in [2.75, 3.05) is 19.8 Å². The average molecular weight is 586 g/mol. The summed E-state index contributed by atoms with van der Waals surface area (Å²) in [7, 11) is 1.94. The topological polar surface area (TPSA) is 67.5 Å². The molecule has 1 aliphatic rings. The predicted molar refractivity (Wildman–Crippen MR) is 166 cm³/mol.